The third kappa shape index (κ3) is 3.94. The summed E-state index contributed by atoms with van der Waals surface area (Å²) in [5.74, 6) is 0.499. The number of hydrogen-bond acceptors (Lipinski definition) is 6. The van der Waals surface area contributed by atoms with E-state index in [9.17, 15) is 18.5 Å². The average molecular weight is 387 g/mol. The Morgan fingerprint density at radius 3 is 2.32 bits per heavy atom. The second-order valence-corrected chi connectivity index (χ2v) is 7.09. The van der Waals surface area contributed by atoms with Crippen molar-refractivity contribution in [2.45, 2.75) is 11.8 Å². The summed E-state index contributed by atoms with van der Waals surface area (Å²) in [7, 11) is -1.32. The Morgan fingerprint density at radius 2 is 1.76 bits per heavy atom. The van der Waals surface area contributed by atoms with Gasteiger partial charge in [0.2, 0.25) is 0 Å². The summed E-state index contributed by atoms with van der Waals surface area (Å²) in [6, 6.07) is 6.40. The SMILES string of the molecule is COc1cc(OC)c(NS(=O)(=O)c2ccc(C)c([N+](=O)[O-])c2)cc1Cl. The molecule has 0 bridgehead atoms. The van der Waals surface area contributed by atoms with Gasteiger partial charge < -0.3 is 9.47 Å². The summed E-state index contributed by atoms with van der Waals surface area (Å²) < 4.78 is 37.6. The van der Waals surface area contributed by atoms with Crippen molar-refractivity contribution in [1.29, 1.82) is 0 Å². The van der Waals surface area contributed by atoms with Crippen LogP contribution in [0.1, 0.15) is 5.56 Å². The number of methoxy groups -OCH3 is 2. The molecule has 134 valence electrons. The number of nitro benzene ring substituents is 1. The van der Waals surface area contributed by atoms with Gasteiger partial charge in [-0.1, -0.05) is 17.7 Å². The van der Waals surface area contributed by atoms with Crippen molar-refractivity contribution in [2.75, 3.05) is 18.9 Å². The van der Waals surface area contributed by atoms with Gasteiger partial charge in [-0.25, -0.2) is 8.42 Å². The number of sulfonamides is 1. The van der Waals surface area contributed by atoms with E-state index >= 15 is 0 Å². The molecule has 0 radical (unpaired) electrons. The fraction of sp³-hybridized carbons (Fsp3) is 0.200. The molecule has 0 heterocycles. The average Bonchev–Trinajstić information content (AvgIpc) is 2.54. The Hall–Kier alpha value is -2.52. The lowest BCUT2D eigenvalue weighted by molar-refractivity contribution is -0.385. The largest absolute Gasteiger partial charge is 0.495 e. The lowest BCUT2D eigenvalue weighted by atomic mass is 10.2. The molecule has 8 nitrogen and oxygen atoms in total. The molecule has 0 spiro atoms. The molecule has 0 unspecified atom stereocenters. The van der Waals surface area contributed by atoms with Gasteiger partial charge >= 0.3 is 0 Å². The van der Waals surface area contributed by atoms with E-state index in [4.69, 9.17) is 21.1 Å². The second-order valence-electron chi connectivity index (χ2n) is 5.00. The maximum Gasteiger partial charge on any atom is 0.273 e. The first-order chi connectivity index (χ1) is 11.7. The molecule has 0 fully saturated rings. The van der Waals surface area contributed by atoms with Gasteiger partial charge in [0.05, 0.1) is 34.7 Å². The number of nitrogens with zero attached hydrogens (tertiary/aromatic N) is 1. The minimum atomic E-state index is -4.09. The van der Waals surface area contributed by atoms with Crippen molar-refractivity contribution in [3.05, 3.63) is 51.0 Å². The van der Waals surface area contributed by atoms with Crippen LogP contribution in [0.2, 0.25) is 5.02 Å². The Bertz CT molecular complexity index is 930. The van der Waals surface area contributed by atoms with Gasteiger partial charge in [0.15, 0.2) is 0 Å². The minimum Gasteiger partial charge on any atom is -0.495 e. The molecule has 0 aromatic heterocycles. The Balaban J connectivity index is 2.48. The van der Waals surface area contributed by atoms with Crippen LogP contribution in [0.3, 0.4) is 0 Å². The zero-order valence-electron chi connectivity index (χ0n) is 13.6. The summed E-state index contributed by atoms with van der Waals surface area (Å²) >= 11 is 6.02. The number of halogens is 1. The highest BCUT2D eigenvalue weighted by Crippen LogP contribution is 2.37. The molecule has 0 atom stereocenters. The minimum absolute atomic E-state index is 0.0801. The predicted molar refractivity (Wildman–Crippen MR) is 93.2 cm³/mol. The van der Waals surface area contributed by atoms with Crippen LogP contribution in [0, 0.1) is 17.0 Å². The summed E-state index contributed by atoms with van der Waals surface area (Å²) in [4.78, 5) is 10.1. The molecule has 1 N–H and O–H groups in total. The number of rotatable bonds is 6. The van der Waals surface area contributed by atoms with E-state index in [2.05, 4.69) is 4.72 Å². The maximum atomic E-state index is 12.6. The van der Waals surface area contributed by atoms with Gasteiger partial charge in [0, 0.05) is 17.7 Å². The number of benzene rings is 2. The van der Waals surface area contributed by atoms with E-state index in [0.29, 0.717) is 11.3 Å². The molecule has 2 aromatic carbocycles. The van der Waals surface area contributed by atoms with Crippen molar-refractivity contribution in [1.82, 2.24) is 0 Å². The first-order valence-electron chi connectivity index (χ1n) is 6.89. The van der Waals surface area contributed by atoms with Crippen molar-refractivity contribution in [2.24, 2.45) is 0 Å². The zero-order valence-corrected chi connectivity index (χ0v) is 15.1. The number of ether oxygens (including phenoxy) is 2. The molecule has 25 heavy (non-hydrogen) atoms. The van der Waals surface area contributed by atoms with Crippen molar-refractivity contribution >= 4 is 33.0 Å². The van der Waals surface area contributed by atoms with Gasteiger partial charge in [0.25, 0.3) is 15.7 Å². The normalized spacial score (nSPS) is 11.0. The van der Waals surface area contributed by atoms with Crippen molar-refractivity contribution < 1.29 is 22.8 Å². The van der Waals surface area contributed by atoms with Crippen molar-refractivity contribution in [3.8, 4) is 11.5 Å². The first-order valence-corrected chi connectivity index (χ1v) is 8.75. The van der Waals surface area contributed by atoms with E-state index in [1.165, 1.54) is 45.4 Å². The third-order valence-electron chi connectivity index (χ3n) is 3.41. The van der Waals surface area contributed by atoms with Crippen LogP contribution in [-0.4, -0.2) is 27.6 Å². The van der Waals surface area contributed by atoms with Crippen LogP contribution >= 0.6 is 11.6 Å². The van der Waals surface area contributed by atoms with Gasteiger partial charge in [-0.15, -0.1) is 0 Å². The molecule has 0 aliphatic carbocycles. The summed E-state index contributed by atoms with van der Waals surface area (Å²) in [6.07, 6.45) is 0. The number of hydrogen-bond donors (Lipinski definition) is 1. The Labute approximate surface area is 149 Å². The van der Waals surface area contributed by atoms with Gasteiger partial charge in [0.1, 0.15) is 11.5 Å². The molecule has 0 saturated carbocycles. The van der Waals surface area contributed by atoms with Crippen LogP contribution in [0.4, 0.5) is 11.4 Å². The van der Waals surface area contributed by atoms with Gasteiger partial charge in [-0.3, -0.25) is 14.8 Å². The van der Waals surface area contributed by atoms with E-state index < -0.39 is 14.9 Å². The molecule has 0 saturated heterocycles. The van der Waals surface area contributed by atoms with E-state index in [1.807, 2.05) is 0 Å². The van der Waals surface area contributed by atoms with Crippen LogP contribution < -0.4 is 14.2 Å². The Morgan fingerprint density at radius 1 is 1.12 bits per heavy atom. The molecule has 2 rings (SSSR count). The molecular weight excluding hydrogens is 372 g/mol. The fourth-order valence-electron chi connectivity index (χ4n) is 2.10. The second kappa shape index (κ2) is 7.16. The smallest absolute Gasteiger partial charge is 0.273 e. The predicted octanol–water partition coefficient (Wildman–Crippen LogP) is 3.37. The zero-order chi connectivity index (χ0) is 18.8. The standard InChI is InChI=1S/C15H15ClN2O6S/c1-9-4-5-10(6-13(9)18(19)20)25(21,22)17-12-7-11(16)14(23-2)8-15(12)24-3/h4-8,17H,1-3H3. The molecular formula is C15H15ClN2O6S. The van der Waals surface area contributed by atoms with Gasteiger partial charge in [-0.05, 0) is 19.1 Å². The van der Waals surface area contributed by atoms with Crippen LogP contribution in [0.15, 0.2) is 35.2 Å². The van der Waals surface area contributed by atoms with Crippen LogP contribution in [0.25, 0.3) is 0 Å². The number of aryl methyl sites for hydroxylation is 1. The topological polar surface area (TPSA) is 108 Å². The fourth-order valence-corrected chi connectivity index (χ4v) is 3.42. The van der Waals surface area contributed by atoms with E-state index in [0.717, 1.165) is 6.07 Å². The number of nitro groups is 1. The monoisotopic (exact) mass is 386 g/mol. The summed E-state index contributed by atoms with van der Waals surface area (Å²) in [6.45, 7) is 1.52. The maximum absolute atomic E-state index is 12.6. The molecule has 10 heteroatoms. The molecule has 0 aliphatic heterocycles. The highest BCUT2D eigenvalue weighted by atomic mass is 35.5. The lowest BCUT2D eigenvalue weighted by Crippen LogP contribution is -2.14. The first kappa shape index (κ1) is 18.8. The van der Waals surface area contributed by atoms with E-state index in [1.54, 1.807) is 0 Å². The lowest BCUT2D eigenvalue weighted by Gasteiger charge is -2.14. The molecule has 0 aliphatic rings. The van der Waals surface area contributed by atoms with Gasteiger partial charge in [-0.2, -0.15) is 0 Å². The highest BCUT2D eigenvalue weighted by molar-refractivity contribution is 7.92. The molecule has 2 aromatic rings. The van der Waals surface area contributed by atoms with Crippen LogP contribution in [0.5, 0.6) is 11.5 Å². The third-order valence-corrected chi connectivity index (χ3v) is 5.06. The summed E-state index contributed by atoms with van der Waals surface area (Å²) in [5, 5.41) is 11.2. The van der Waals surface area contributed by atoms with Crippen molar-refractivity contribution in [3.63, 3.8) is 0 Å². The number of anilines is 1. The quantitative estimate of drug-likeness (QED) is 0.602. The summed E-state index contributed by atoms with van der Waals surface area (Å²) in [5.41, 5.74) is 0.146. The molecule has 0 amide bonds. The van der Waals surface area contributed by atoms with E-state index in [-0.39, 0.29) is 27.0 Å². The number of nitrogens with one attached hydrogen (secondary N) is 1. The Kier molecular flexibility index (Phi) is 5.39. The highest BCUT2D eigenvalue weighted by Gasteiger charge is 2.22. The van der Waals surface area contributed by atoms with Crippen LogP contribution in [-0.2, 0) is 10.0 Å².